The van der Waals surface area contributed by atoms with Crippen molar-refractivity contribution in [1.29, 1.82) is 0 Å². The van der Waals surface area contributed by atoms with Crippen LogP contribution in [0.2, 0.25) is 0 Å². The Kier molecular flexibility index (Phi) is 3.76. The molecule has 0 radical (unpaired) electrons. The van der Waals surface area contributed by atoms with Gasteiger partial charge in [-0.15, -0.1) is 0 Å². The molecule has 2 nitrogen and oxygen atoms in total. The van der Waals surface area contributed by atoms with Crippen molar-refractivity contribution in [2.75, 3.05) is 6.61 Å². The van der Waals surface area contributed by atoms with Crippen molar-refractivity contribution >= 4 is 21.7 Å². The van der Waals surface area contributed by atoms with Gasteiger partial charge in [-0.3, -0.25) is 4.79 Å². The lowest BCUT2D eigenvalue weighted by Crippen LogP contribution is -2.08. The van der Waals surface area contributed by atoms with Crippen molar-refractivity contribution in [3.63, 3.8) is 0 Å². The smallest absolute Gasteiger partial charge is 0.170 e. The fourth-order valence-corrected chi connectivity index (χ4v) is 3.02. The molecule has 0 aliphatic carbocycles. The fraction of sp³-hybridized carbons (Fsp3) is 0.188. The SMILES string of the molecule is O=C(Cc1cc(Br)cc2c1OCC2)c1cccc(F)c1F. The molecular weight excluding hydrogens is 342 g/mol. The molecule has 0 fully saturated rings. The number of carbonyl (C=O) groups excluding carboxylic acids is 1. The number of hydrogen-bond donors (Lipinski definition) is 0. The van der Waals surface area contributed by atoms with Gasteiger partial charge in [0.25, 0.3) is 0 Å². The first-order valence-electron chi connectivity index (χ1n) is 6.47. The molecule has 0 amide bonds. The van der Waals surface area contributed by atoms with Crippen LogP contribution in [-0.4, -0.2) is 12.4 Å². The van der Waals surface area contributed by atoms with Gasteiger partial charge in [0, 0.05) is 22.9 Å². The molecule has 2 aromatic carbocycles. The number of Topliss-reactive ketones (excluding diaryl/α,β-unsaturated/α-hetero) is 1. The van der Waals surface area contributed by atoms with Crippen molar-refractivity contribution in [2.45, 2.75) is 12.8 Å². The maximum atomic E-state index is 13.7. The van der Waals surface area contributed by atoms with Crippen LogP contribution in [0.15, 0.2) is 34.8 Å². The molecule has 21 heavy (non-hydrogen) atoms. The van der Waals surface area contributed by atoms with Crippen LogP contribution in [0.3, 0.4) is 0 Å². The van der Waals surface area contributed by atoms with Crippen LogP contribution >= 0.6 is 15.9 Å². The summed E-state index contributed by atoms with van der Waals surface area (Å²) >= 11 is 3.39. The van der Waals surface area contributed by atoms with Gasteiger partial charge >= 0.3 is 0 Å². The fourth-order valence-electron chi connectivity index (χ4n) is 2.46. The zero-order chi connectivity index (χ0) is 15.0. The van der Waals surface area contributed by atoms with Crippen LogP contribution in [0.4, 0.5) is 8.78 Å². The largest absolute Gasteiger partial charge is 0.493 e. The van der Waals surface area contributed by atoms with Gasteiger partial charge in [0.05, 0.1) is 12.2 Å². The van der Waals surface area contributed by atoms with Gasteiger partial charge in [-0.05, 0) is 29.8 Å². The second-order valence-electron chi connectivity index (χ2n) is 4.85. The lowest BCUT2D eigenvalue weighted by atomic mass is 9.99. The van der Waals surface area contributed by atoms with E-state index >= 15 is 0 Å². The Balaban J connectivity index is 1.94. The number of rotatable bonds is 3. The van der Waals surface area contributed by atoms with Crippen molar-refractivity contribution in [3.05, 3.63) is 63.1 Å². The normalized spacial score (nSPS) is 12.9. The monoisotopic (exact) mass is 352 g/mol. The van der Waals surface area contributed by atoms with Crippen LogP contribution in [-0.2, 0) is 12.8 Å². The Morgan fingerprint density at radius 1 is 1.29 bits per heavy atom. The van der Waals surface area contributed by atoms with E-state index in [2.05, 4.69) is 15.9 Å². The molecule has 3 rings (SSSR count). The standard InChI is InChI=1S/C16H11BrF2O2/c17-11-6-9-4-5-21-16(9)10(7-11)8-14(20)12-2-1-3-13(18)15(12)19/h1-3,6-7H,4-5,8H2. The van der Waals surface area contributed by atoms with Crippen molar-refractivity contribution in [2.24, 2.45) is 0 Å². The highest BCUT2D eigenvalue weighted by atomic mass is 79.9. The van der Waals surface area contributed by atoms with Gasteiger partial charge in [0.1, 0.15) is 5.75 Å². The maximum Gasteiger partial charge on any atom is 0.170 e. The van der Waals surface area contributed by atoms with Crippen LogP contribution in [0.1, 0.15) is 21.5 Å². The van der Waals surface area contributed by atoms with E-state index < -0.39 is 17.4 Å². The highest BCUT2D eigenvalue weighted by Gasteiger charge is 2.21. The van der Waals surface area contributed by atoms with E-state index in [-0.39, 0.29) is 12.0 Å². The van der Waals surface area contributed by atoms with Crippen molar-refractivity contribution < 1.29 is 18.3 Å². The summed E-state index contributed by atoms with van der Waals surface area (Å²) in [5, 5.41) is 0. The lowest BCUT2D eigenvalue weighted by Gasteiger charge is -2.09. The Morgan fingerprint density at radius 2 is 2.10 bits per heavy atom. The summed E-state index contributed by atoms with van der Waals surface area (Å²) in [6, 6.07) is 7.33. The number of ether oxygens (including phenoxy) is 1. The lowest BCUT2D eigenvalue weighted by molar-refractivity contribution is 0.0987. The average Bonchev–Trinajstić information content (AvgIpc) is 2.90. The Hall–Kier alpha value is -1.75. The summed E-state index contributed by atoms with van der Waals surface area (Å²) in [6.45, 7) is 0.571. The number of halogens is 3. The number of carbonyl (C=O) groups is 1. The van der Waals surface area contributed by atoms with Gasteiger partial charge < -0.3 is 4.74 Å². The maximum absolute atomic E-state index is 13.7. The van der Waals surface area contributed by atoms with E-state index in [4.69, 9.17) is 4.74 Å². The molecule has 0 saturated heterocycles. The minimum absolute atomic E-state index is 0.0256. The molecular formula is C16H11BrF2O2. The Bertz CT molecular complexity index is 728. The summed E-state index contributed by atoms with van der Waals surface area (Å²) in [5.41, 5.74) is 1.47. The molecule has 2 aromatic rings. The molecule has 0 N–H and O–H groups in total. The molecule has 1 aliphatic heterocycles. The molecule has 0 aromatic heterocycles. The molecule has 0 saturated carbocycles. The van der Waals surface area contributed by atoms with E-state index in [1.54, 1.807) is 6.07 Å². The van der Waals surface area contributed by atoms with Crippen LogP contribution < -0.4 is 4.74 Å². The molecule has 1 heterocycles. The molecule has 0 unspecified atom stereocenters. The Morgan fingerprint density at radius 3 is 2.90 bits per heavy atom. The molecule has 1 aliphatic rings. The zero-order valence-corrected chi connectivity index (χ0v) is 12.5. The summed E-state index contributed by atoms with van der Waals surface area (Å²) in [6.07, 6.45) is 0.756. The van der Waals surface area contributed by atoms with E-state index in [1.165, 1.54) is 12.1 Å². The first-order valence-corrected chi connectivity index (χ1v) is 7.27. The average molecular weight is 353 g/mol. The predicted molar refractivity (Wildman–Crippen MR) is 77.7 cm³/mol. The van der Waals surface area contributed by atoms with E-state index in [1.807, 2.05) is 6.07 Å². The number of hydrogen-bond acceptors (Lipinski definition) is 2. The van der Waals surface area contributed by atoms with E-state index in [0.717, 1.165) is 22.5 Å². The highest BCUT2D eigenvalue weighted by molar-refractivity contribution is 9.10. The third-order valence-corrected chi connectivity index (χ3v) is 3.89. The highest BCUT2D eigenvalue weighted by Crippen LogP contribution is 2.33. The summed E-state index contributed by atoms with van der Waals surface area (Å²) in [7, 11) is 0. The van der Waals surface area contributed by atoms with Gasteiger partial charge in [-0.1, -0.05) is 22.0 Å². The first kappa shape index (κ1) is 14.2. The van der Waals surface area contributed by atoms with Gasteiger partial charge in [-0.25, -0.2) is 8.78 Å². The van der Waals surface area contributed by atoms with Gasteiger partial charge in [0.2, 0.25) is 0 Å². The number of fused-ring (bicyclic) bond motifs is 1. The summed E-state index contributed by atoms with van der Waals surface area (Å²) in [4.78, 5) is 12.2. The molecule has 5 heteroatoms. The summed E-state index contributed by atoms with van der Waals surface area (Å²) in [5.74, 6) is -1.90. The third-order valence-electron chi connectivity index (χ3n) is 3.43. The van der Waals surface area contributed by atoms with Crippen LogP contribution in [0.25, 0.3) is 0 Å². The molecule has 0 atom stereocenters. The van der Waals surface area contributed by atoms with E-state index in [9.17, 15) is 13.6 Å². The number of benzene rings is 2. The van der Waals surface area contributed by atoms with Crippen LogP contribution in [0.5, 0.6) is 5.75 Å². The molecule has 108 valence electrons. The van der Waals surface area contributed by atoms with Gasteiger partial charge in [-0.2, -0.15) is 0 Å². The van der Waals surface area contributed by atoms with Gasteiger partial charge in [0.15, 0.2) is 17.4 Å². The topological polar surface area (TPSA) is 26.3 Å². The number of ketones is 1. The van der Waals surface area contributed by atoms with E-state index in [0.29, 0.717) is 17.9 Å². The Labute approximate surface area is 128 Å². The first-order chi connectivity index (χ1) is 10.1. The zero-order valence-electron chi connectivity index (χ0n) is 11.0. The minimum atomic E-state index is -1.10. The molecule has 0 spiro atoms. The molecule has 0 bridgehead atoms. The predicted octanol–water partition coefficient (Wildman–Crippen LogP) is 4.09. The van der Waals surface area contributed by atoms with Crippen molar-refractivity contribution in [1.82, 2.24) is 0 Å². The van der Waals surface area contributed by atoms with Crippen molar-refractivity contribution in [3.8, 4) is 5.75 Å². The second-order valence-corrected chi connectivity index (χ2v) is 5.77. The summed E-state index contributed by atoms with van der Waals surface area (Å²) < 4.78 is 33.3. The quantitative estimate of drug-likeness (QED) is 0.777. The minimum Gasteiger partial charge on any atom is -0.493 e. The third kappa shape index (κ3) is 2.70. The van der Waals surface area contributed by atoms with Crippen LogP contribution in [0, 0.1) is 11.6 Å². The second kappa shape index (κ2) is 5.56.